The molecule has 0 radical (unpaired) electrons. The molecule has 20 heavy (non-hydrogen) atoms. The van der Waals surface area contributed by atoms with Crippen LogP contribution in [0.3, 0.4) is 0 Å². The Morgan fingerprint density at radius 1 is 0.850 bits per heavy atom. The van der Waals surface area contributed by atoms with Gasteiger partial charge in [-0.05, 0) is 18.2 Å². The number of aromatic hydroxyl groups is 3. The van der Waals surface area contributed by atoms with Crippen LogP contribution in [-0.4, -0.2) is 25.5 Å². The molecule has 5 nitrogen and oxygen atoms in total. The van der Waals surface area contributed by atoms with Crippen LogP contribution >= 0.6 is 0 Å². The highest BCUT2D eigenvalue weighted by molar-refractivity contribution is 5.75. The van der Waals surface area contributed by atoms with E-state index < -0.39 is 5.75 Å². The van der Waals surface area contributed by atoms with Crippen LogP contribution < -0.4 is 0 Å². The van der Waals surface area contributed by atoms with Gasteiger partial charge in [-0.25, -0.2) is 0 Å². The minimum Gasteiger partial charge on any atom is -0.504 e. The van der Waals surface area contributed by atoms with Gasteiger partial charge in [0.1, 0.15) is 0 Å². The first-order chi connectivity index (χ1) is 9.66. The van der Waals surface area contributed by atoms with Crippen LogP contribution in [0.1, 0.15) is 0 Å². The van der Waals surface area contributed by atoms with Crippen LogP contribution in [0.25, 0.3) is 22.5 Å². The van der Waals surface area contributed by atoms with Crippen molar-refractivity contribution in [2.45, 2.75) is 0 Å². The van der Waals surface area contributed by atoms with Crippen molar-refractivity contribution >= 4 is 0 Å². The molecule has 1 aromatic heterocycles. The zero-order valence-electron chi connectivity index (χ0n) is 10.4. The van der Waals surface area contributed by atoms with Crippen molar-refractivity contribution in [2.24, 2.45) is 0 Å². The molecule has 0 atom stereocenters. The molecule has 0 bridgehead atoms. The Bertz CT molecular complexity index is 751. The number of benzene rings is 2. The Balaban J connectivity index is 2.05. The number of aromatic amines is 1. The summed E-state index contributed by atoms with van der Waals surface area (Å²) in [4.78, 5) is 0. The summed E-state index contributed by atoms with van der Waals surface area (Å²) in [5, 5.41) is 35.7. The molecule has 0 spiro atoms. The molecule has 4 N–H and O–H groups in total. The van der Waals surface area contributed by atoms with Crippen molar-refractivity contribution in [1.82, 2.24) is 10.2 Å². The zero-order chi connectivity index (χ0) is 14.1. The summed E-state index contributed by atoms with van der Waals surface area (Å²) in [5.41, 5.74) is 2.59. The van der Waals surface area contributed by atoms with Gasteiger partial charge in [0.25, 0.3) is 0 Å². The first-order valence-electron chi connectivity index (χ1n) is 6.02. The lowest BCUT2D eigenvalue weighted by molar-refractivity contribution is 0.369. The van der Waals surface area contributed by atoms with Crippen molar-refractivity contribution in [3.05, 3.63) is 48.5 Å². The Hall–Kier alpha value is -2.95. The second-order valence-electron chi connectivity index (χ2n) is 4.36. The lowest BCUT2D eigenvalue weighted by Gasteiger charge is -2.05. The third-order valence-electron chi connectivity index (χ3n) is 3.07. The van der Waals surface area contributed by atoms with Gasteiger partial charge in [-0.2, -0.15) is 5.10 Å². The Morgan fingerprint density at radius 2 is 1.60 bits per heavy atom. The highest BCUT2D eigenvalue weighted by atomic mass is 16.3. The maximum absolute atomic E-state index is 9.85. The molecule has 2 aromatic carbocycles. The third-order valence-corrected chi connectivity index (χ3v) is 3.07. The fourth-order valence-corrected chi connectivity index (χ4v) is 2.00. The van der Waals surface area contributed by atoms with Gasteiger partial charge in [-0.1, -0.05) is 30.3 Å². The average molecular weight is 268 g/mol. The van der Waals surface area contributed by atoms with Crippen LogP contribution in [0.5, 0.6) is 17.2 Å². The van der Waals surface area contributed by atoms with E-state index in [0.29, 0.717) is 11.3 Å². The summed E-state index contributed by atoms with van der Waals surface area (Å²) in [5.74, 6) is -1.29. The molecule has 5 heteroatoms. The van der Waals surface area contributed by atoms with E-state index in [1.54, 1.807) is 6.07 Å². The number of nitrogens with one attached hydrogen (secondary N) is 1. The molecule has 0 saturated carbocycles. The average Bonchev–Trinajstić information content (AvgIpc) is 2.95. The normalized spacial score (nSPS) is 10.6. The topological polar surface area (TPSA) is 89.4 Å². The van der Waals surface area contributed by atoms with Gasteiger partial charge in [0.15, 0.2) is 11.5 Å². The number of nitrogens with zero attached hydrogens (tertiary/aromatic N) is 1. The van der Waals surface area contributed by atoms with E-state index in [1.807, 2.05) is 30.3 Å². The van der Waals surface area contributed by atoms with Crippen LogP contribution in [0.15, 0.2) is 48.5 Å². The Labute approximate surface area is 114 Å². The number of hydrogen-bond donors (Lipinski definition) is 4. The van der Waals surface area contributed by atoms with E-state index in [4.69, 9.17) is 0 Å². The first-order valence-corrected chi connectivity index (χ1v) is 6.02. The van der Waals surface area contributed by atoms with E-state index in [9.17, 15) is 15.3 Å². The maximum Gasteiger partial charge on any atom is 0.200 e. The molecule has 1 heterocycles. The quantitative estimate of drug-likeness (QED) is 0.538. The molecule has 0 aliphatic rings. The lowest BCUT2D eigenvalue weighted by Crippen LogP contribution is -1.80. The second-order valence-corrected chi connectivity index (χ2v) is 4.36. The molecule has 0 aliphatic carbocycles. The molecule has 0 saturated heterocycles. The van der Waals surface area contributed by atoms with Gasteiger partial charge in [-0.3, -0.25) is 5.10 Å². The fourth-order valence-electron chi connectivity index (χ4n) is 2.00. The molecule has 0 amide bonds. The number of H-pyrrole nitrogens is 1. The lowest BCUT2D eigenvalue weighted by atomic mass is 10.1. The predicted molar refractivity (Wildman–Crippen MR) is 74.5 cm³/mol. The molecule has 0 aliphatic heterocycles. The highest BCUT2D eigenvalue weighted by Crippen LogP contribution is 2.41. The van der Waals surface area contributed by atoms with Gasteiger partial charge >= 0.3 is 0 Å². The van der Waals surface area contributed by atoms with E-state index in [2.05, 4.69) is 10.2 Å². The van der Waals surface area contributed by atoms with Gasteiger partial charge < -0.3 is 15.3 Å². The van der Waals surface area contributed by atoms with E-state index in [-0.39, 0.29) is 11.5 Å². The molecule has 0 unspecified atom stereocenters. The summed E-state index contributed by atoms with van der Waals surface area (Å²) < 4.78 is 0. The number of rotatable bonds is 2. The van der Waals surface area contributed by atoms with E-state index >= 15 is 0 Å². The van der Waals surface area contributed by atoms with Crippen LogP contribution in [0, 0.1) is 0 Å². The van der Waals surface area contributed by atoms with Crippen LogP contribution in [-0.2, 0) is 0 Å². The van der Waals surface area contributed by atoms with Gasteiger partial charge in [0, 0.05) is 11.1 Å². The van der Waals surface area contributed by atoms with Crippen molar-refractivity contribution in [3.8, 4) is 39.8 Å². The standard InChI is InChI=1S/C15H12N2O3/c18-13-7-6-10(14(19)15(13)20)12-8-11(16-17-12)9-4-2-1-3-5-9/h1-8,18-20H,(H,16,17). The van der Waals surface area contributed by atoms with Gasteiger partial charge in [0.05, 0.1) is 11.4 Å². The third kappa shape index (κ3) is 1.95. The Morgan fingerprint density at radius 3 is 2.35 bits per heavy atom. The predicted octanol–water partition coefficient (Wildman–Crippen LogP) is 2.86. The zero-order valence-corrected chi connectivity index (χ0v) is 10.4. The minimum atomic E-state index is -0.543. The second kappa shape index (κ2) is 4.62. The number of aromatic nitrogens is 2. The van der Waals surface area contributed by atoms with E-state index in [1.165, 1.54) is 12.1 Å². The fraction of sp³-hybridized carbons (Fsp3) is 0. The summed E-state index contributed by atoms with van der Waals surface area (Å²) in [6.07, 6.45) is 0. The smallest absolute Gasteiger partial charge is 0.200 e. The Kier molecular flexibility index (Phi) is 2.80. The first kappa shape index (κ1) is 12.1. The molecule has 0 fully saturated rings. The van der Waals surface area contributed by atoms with Crippen LogP contribution in [0.2, 0.25) is 0 Å². The number of phenols is 3. The van der Waals surface area contributed by atoms with Crippen molar-refractivity contribution in [3.63, 3.8) is 0 Å². The largest absolute Gasteiger partial charge is 0.504 e. The monoisotopic (exact) mass is 268 g/mol. The van der Waals surface area contributed by atoms with E-state index in [0.717, 1.165) is 11.3 Å². The SMILES string of the molecule is Oc1ccc(-c2cc(-c3ccccc3)n[nH]2)c(O)c1O. The minimum absolute atomic E-state index is 0.367. The molecule has 3 rings (SSSR count). The summed E-state index contributed by atoms with van der Waals surface area (Å²) in [6, 6.07) is 14.2. The van der Waals surface area contributed by atoms with Gasteiger partial charge in [0.2, 0.25) is 5.75 Å². The van der Waals surface area contributed by atoms with Crippen LogP contribution in [0.4, 0.5) is 0 Å². The summed E-state index contributed by atoms with van der Waals surface area (Å²) in [6.45, 7) is 0. The molecule has 3 aromatic rings. The van der Waals surface area contributed by atoms with Crippen molar-refractivity contribution in [2.75, 3.05) is 0 Å². The van der Waals surface area contributed by atoms with Gasteiger partial charge in [-0.15, -0.1) is 0 Å². The highest BCUT2D eigenvalue weighted by Gasteiger charge is 2.14. The summed E-state index contributed by atoms with van der Waals surface area (Å²) >= 11 is 0. The maximum atomic E-state index is 9.85. The molecule has 100 valence electrons. The van der Waals surface area contributed by atoms with Crippen molar-refractivity contribution < 1.29 is 15.3 Å². The number of phenolic OH excluding ortho intramolecular Hbond substituents is 3. The number of hydrogen-bond acceptors (Lipinski definition) is 4. The molecular formula is C15H12N2O3. The summed E-state index contributed by atoms with van der Waals surface area (Å²) in [7, 11) is 0. The molecular weight excluding hydrogens is 256 g/mol. The van der Waals surface area contributed by atoms with Crippen molar-refractivity contribution in [1.29, 1.82) is 0 Å².